The van der Waals surface area contributed by atoms with E-state index in [0.717, 1.165) is 12.0 Å². The molecule has 1 fully saturated rings. The first-order valence-corrected chi connectivity index (χ1v) is 6.74. The minimum atomic E-state index is 0.343. The highest BCUT2D eigenvalue weighted by Crippen LogP contribution is 2.33. The molecule has 0 N–H and O–H groups in total. The third-order valence-corrected chi connectivity index (χ3v) is 3.96. The van der Waals surface area contributed by atoms with Crippen LogP contribution in [0.25, 0.3) is 0 Å². The molecule has 0 amide bonds. The van der Waals surface area contributed by atoms with Gasteiger partial charge < -0.3 is 4.90 Å². The first kappa shape index (κ1) is 14.0. The quantitative estimate of drug-likeness (QED) is 0.727. The Morgan fingerprint density at radius 3 is 2.31 bits per heavy atom. The molecule has 2 heteroatoms. The summed E-state index contributed by atoms with van der Waals surface area (Å²) in [7, 11) is 4.33. The third kappa shape index (κ3) is 3.74. The van der Waals surface area contributed by atoms with Crippen LogP contribution in [0.15, 0.2) is 0 Å². The van der Waals surface area contributed by atoms with Crippen LogP contribution in [0.5, 0.6) is 0 Å². The highest BCUT2D eigenvalue weighted by molar-refractivity contribution is 4.90. The molecule has 96 valence electrons. The summed E-state index contributed by atoms with van der Waals surface area (Å²) in [5.74, 6) is 0.916. The van der Waals surface area contributed by atoms with Crippen molar-refractivity contribution in [2.45, 2.75) is 58.5 Å². The monoisotopic (exact) mass is 226 g/mol. The number of nitrogens with zero attached hydrogens (tertiary/aromatic N) is 2. The van der Waals surface area contributed by atoms with Gasteiger partial charge in [0.15, 0.2) is 0 Å². The summed E-state index contributed by atoms with van der Waals surface area (Å²) in [6.07, 6.45) is 4.14. The molecule has 16 heavy (non-hydrogen) atoms. The van der Waals surface area contributed by atoms with E-state index in [-0.39, 0.29) is 0 Å². The van der Waals surface area contributed by atoms with E-state index in [2.05, 4.69) is 51.6 Å². The van der Waals surface area contributed by atoms with Crippen LogP contribution in [0.3, 0.4) is 0 Å². The lowest BCUT2D eigenvalue weighted by Gasteiger charge is -2.36. The fraction of sp³-hybridized carbons (Fsp3) is 1.00. The summed E-state index contributed by atoms with van der Waals surface area (Å²) in [5.41, 5.74) is 0.343. The van der Waals surface area contributed by atoms with Gasteiger partial charge in [-0.05, 0) is 80.1 Å². The Kier molecular flexibility index (Phi) is 4.81. The molecule has 0 bridgehead atoms. The molecular weight excluding hydrogens is 196 g/mol. The Bertz CT molecular complexity index is 205. The second kappa shape index (κ2) is 5.50. The predicted octanol–water partition coefficient (Wildman–Crippen LogP) is 2.84. The van der Waals surface area contributed by atoms with Crippen molar-refractivity contribution in [3.63, 3.8) is 0 Å². The van der Waals surface area contributed by atoms with Gasteiger partial charge in [0.05, 0.1) is 0 Å². The Hall–Kier alpha value is -0.0800. The average Bonchev–Trinajstić information content (AvgIpc) is 2.46. The average molecular weight is 226 g/mol. The lowest BCUT2D eigenvalue weighted by molar-refractivity contribution is 0.115. The maximum absolute atomic E-state index is 2.67. The molecule has 0 aromatic rings. The third-order valence-electron chi connectivity index (χ3n) is 3.96. The molecule has 1 aliphatic rings. The smallest absolute Gasteiger partial charge is 0.0127 e. The van der Waals surface area contributed by atoms with Crippen LogP contribution in [0.1, 0.15) is 47.0 Å². The van der Waals surface area contributed by atoms with E-state index in [1.165, 1.54) is 32.4 Å². The van der Waals surface area contributed by atoms with Gasteiger partial charge in [0.2, 0.25) is 0 Å². The summed E-state index contributed by atoms with van der Waals surface area (Å²) >= 11 is 0. The van der Waals surface area contributed by atoms with Crippen molar-refractivity contribution < 1.29 is 0 Å². The van der Waals surface area contributed by atoms with E-state index in [0.29, 0.717) is 5.54 Å². The van der Waals surface area contributed by atoms with Gasteiger partial charge in [-0.15, -0.1) is 0 Å². The van der Waals surface area contributed by atoms with E-state index >= 15 is 0 Å². The van der Waals surface area contributed by atoms with Gasteiger partial charge in [0.1, 0.15) is 0 Å². The topological polar surface area (TPSA) is 6.48 Å². The minimum Gasteiger partial charge on any atom is -0.309 e. The van der Waals surface area contributed by atoms with Crippen LogP contribution in [0.2, 0.25) is 0 Å². The van der Waals surface area contributed by atoms with Crippen molar-refractivity contribution in [1.29, 1.82) is 0 Å². The van der Waals surface area contributed by atoms with Gasteiger partial charge in [-0.2, -0.15) is 0 Å². The summed E-state index contributed by atoms with van der Waals surface area (Å²) < 4.78 is 0. The minimum absolute atomic E-state index is 0.343. The van der Waals surface area contributed by atoms with E-state index in [1.807, 2.05) is 0 Å². The van der Waals surface area contributed by atoms with Gasteiger partial charge in [0.25, 0.3) is 0 Å². The SMILES string of the molecule is C[C@@H]1[C@H](CCCN(C)C)CCN1C(C)(C)C. The van der Waals surface area contributed by atoms with Crippen LogP contribution in [-0.4, -0.2) is 48.6 Å². The lowest BCUT2D eigenvalue weighted by atomic mass is 9.94. The highest BCUT2D eigenvalue weighted by atomic mass is 15.2. The predicted molar refractivity (Wildman–Crippen MR) is 71.8 cm³/mol. The molecule has 2 atom stereocenters. The van der Waals surface area contributed by atoms with Gasteiger partial charge in [0, 0.05) is 11.6 Å². The Labute approximate surface area is 102 Å². The molecule has 0 aliphatic carbocycles. The second-order valence-electron chi connectivity index (χ2n) is 6.60. The highest BCUT2D eigenvalue weighted by Gasteiger charge is 2.36. The number of rotatable bonds is 4. The zero-order valence-corrected chi connectivity index (χ0v) is 12.1. The van der Waals surface area contributed by atoms with Gasteiger partial charge in [-0.1, -0.05) is 0 Å². The van der Waals surface area contributed by atoms with Crippen molar-refractivity contribution >= 4 is 0 Å². The first-order valence-electron chi connectivity index (χ1n) is 6.74. The van der Waals surface area contributed by atoms with Gasteiger partial charge in [-0.3, -0.25) is 4.90 Å². The van der Waals surface area contributed by atoms with Crippen molar-refractivity contribution in [1.82, 2.24) is 9.80 Å². The van der Waals surface area contributed by atoms with E-state index in [9.17, 15) is 0 Å². The van der Waals surface area contributed by atoms with Crippen molar-refractivity contribution in [2.24, 2.45) is 5.92 Å². The fourth-order valence-corrected chi connectivity index (χ4v) is 3.01. The molecule has 0 aromatic carbocycles. The van der Waals surface area contributed by atoms with E-state index < -0.39 is 0 Å². The van der Waals surface area contributed by atoms with E-state index in [4.69, 9.17) is 0 Å². The first-order chi connectivity index (χ1) is 7.32. The standard InChI is InChI=1S/C14H30N2/c1-12-13(8-7-10-15(5)6)9-11-16(12)14(2,3)4/h12-13H,7-11H2,1-6H3/t12-,13-/m1/s1. The Balaban J connectivity index is 2.36. The van der Waals surface area contributed by atoms with Crippen molar-refractivity contribution in [3.8, 4) is 0 Å². The number of likely N-dealkylation sites (tertiary alicyclic amines) is 1. The van der Waals surface area contributed by atoms with Gasteiger partial charge >= 0.3 is 0 Å². The molecular formula is C14H30N2. The maximum Gasteiger partial charge on any atom is 0.0127 e. The molecule has 1 rings (SSSR count). The largest absolute Gasteiger partial charge is 0.309 e. The van der Waals surface area contributed by atoms with Crippen LogP contribution >= 0.6 is 0 Å². The molecule has 0 saturated carbocycles. The zero-order valence-electron chi connectivity index (χ0n) is 12.1. The number of hydrogen-bond acceptors (Lipinski definition) is 2. The van der Waals surface area contributed by atoms with Crippen molar-refractivity contribution in [3.05, 3.63) is 0 Å². The number of hydrogen-bond donors (Lipinski definition) is 0. The maximum atomic E-state index is 2.67. The molecule has 0 radical (unpaired) electrons. The van der Waals surface area contributed by atoms with Gasteiger partial charge in [-0.25, -0.2) is 0 Å². The Morgan fingerprint density at radius 2 is 1.88 bits per heavy atom. The molecule has 2 nitrogen and oxygen atoms in total. The molecule has 0 spiro atoms. The normalized spacial score (nSPS) is 27.9. The molecule has 1 heterocycles. The molecule has 0 unspecified atom stereocenters. The van der Waals surface area contributed by atoms with Crippen LogP contribution in [-0.2, 0) is 0 Å². The summed E-state index contributed by atoms with van der Waals surface area (Å²) in [5, 5.41) is 0. The van der Waals surface area contributed by atoms with Crippen LogP contribution < -0.4 is 0 Å². The van der Waals surface area contributed by atoms with E-state index in [1.54, 1.807) is 0 Å². The Morgan fingerprint density at radius 1 is 1.25 bits per heavy atom. The molecule has 0 aromatic heterocycles. The van der Waals surface area contributed by atoms with Crippen LogP contribution in [0, 0.1) is 5.92 Å². The zero-order chi connectivity index (χ0) is 12.3. The lowest BCUT2D eigenvalue weighted by Crippen LogP contribution is -2.44. The van der Waals surface area contributed by atoms with Crippen LogP contribution in [0.4, 0.5) is 0 Å². The fourth-order valence-electron chi connectivity index (χ4n) is 3.01. The summed E-state index contributed by atoms with van der Waals surface area (Å²) in [6, 6.07) is 0.766. The molecule has 1 aliphatic heterocycles. The summed E-state index contributed by atoms with van der Waals surface area (Å²) in [4.78, 5) is 4.97. The molecule has 1 saturated heterocycles. The van der Waals surface area contributed by atoms with Crippen molar-refractivity contribution in [2.75, 3.05) is 27.2 Å². The second-order valence-corrected chi connectivity index (χ2v) is 6.60. The summed E-state index contributed by atoms with van der Waals surface area (Å²) in [6.45, 7) is 12.0.